The van der Waals surface area contributed by atoms with Gasteiger partial charge in [0.25, 0.3) is 0 Å². The lowest BCUT2D eigenvalue weighted by Gasteiger charge is -2.36. The van der Waals surface area contributed by atoms with Gasteiger partial charge in [0.15, 0.2) is 0 Å². The summed E-state index contributed by atoms with van der Waals surface area (Å²) in [7, 11) is 0. The number of anilines is 2. The van der Waals surface area contributed by atoms with E-state index in [4.69, 9.17) is 5.73 Å². The minimum Gasteiger partial charge on any atom is -0.368 e. The Labute approximate surface area is 182 Å². The van der Waals surface area contributed by atoms with E-state index in [2.05, 4.69) is 55.0 Å². The summed E-state index contributed by atoms with van der Waals surface area (Å²) in [6.45, 7) is 7.91. The van der Waals surface area contributed by atoms with Crippen LogP contribution in [0.15, 0.2) is 48.8 Å². The predicted octanol–water partition coefficient (Wildman–Crippen LogP) is 2.55. The molecule has 2 aliphatic heterocycles. The molecule has 2 aromatic heterocycles. The summed E-state index contributed by atoms with van der Waals surface area (Å²) in [5, 5.41) is 1.21. The number of amides is 1. The predicted molar refractivity (Wildman–Crippen MR) is 125 cm³/mol. The summed E-state index contributed by atoms with van der Waals surface area (Å²) in [6, 6.07) is 12.4. The van der Waals surface area contributed by atoms with Crippen LogP contribution >= 0.6 is 0 Å². The maximum absolute atomic E-state index is 11.8. The maximum atomic E-state index is 11.8. The number of nitrogens with one attached hydrogen (secondary N) is 1. The third kappa shape index (κ3) is 3.85. The first kappa shape index (κ1) is 19.9. The number of nitrogens with zero attached hydrogens (tertiary/aromatic N) is 4. The summed E-state index contributed by atoms with van der Waals surface area (Å²) >= 11 is 0. The normalized spacial score (nSPS) is 20.2. The van der Waals surface area contributed by atoms with E-state index < -0.39 is 0 Å². The quantitative estimate of drug-likeness (QED) is 0.643. The summed E-state index contributed by atoms with van der Waals surface area (Å²) in [5.41, 5.74) is 9.18. The van der Waals surface area contributed by atoms with Gasteiger partial charge in [-0.2, -0.15) is 0 Å². The number of piperazine rings is 1. The molecule has 1 fully saturated rings. The minimum absolute atomic E-state index is 0.266. The van der Waals surface area contributed by atoms with Crippen molar-refractivity contribution < 1.29 is 4.79 Å². The van der Waals surface area contributed by atoms with Gasteiger partial charge in [0.1, 0.15) is 11.9 Å². The summed E-state index contributed by atoms with van der Waals surface area (Å²) in [4.78, 5) is 26.7. The van der Waals surface area contributed by atoms with Crippen LogP contribution in [0.25, 0.3) is 10.9 Å². The smallest absolute Gasteiger partial charge is 0.239 e. The highest BCUT2D eigenvalue weighted by Gasteiger charge is 2.33. The third-order valence-electron chi connectivity index (χ3n) is 6.90. The second-order valence-electron chi connectivity index (χ2n) is 8.71. The number of pyridine rings is 1. The molecule has 1 amide bonds. The van der Waals surface area contributed by atoms with Crippen molar-refractivity contribution in [2.45, 2.75) is 25.3 Å². The van der Waals surface area contributed by atoms with Crippen LogP contribution in [0, 0.1) is 0 Å². The van der Waals surface area contributed by atoms with Gasteiger partial charge in [0.05, 0.1) is 11.7 Å². The van der Waals surface area contributed by atoms with Crippen molar-refractivity contribution in [2.75, 3.05) is 49.1 Å². The standard InChI is InChI=1S/C24H30N6O/c1-17(24(25)31)30-16-19(20-4-2-3-5-22(20)30)7-9-28-10-12-29(13-11-28)23-14-18-6-8-26-21(18)15-27-23/h2-6,8,14-15,17,19,26H,7,9-13,16H2,1H3,(H2,25,31). The van der Waals surface area contributed by atoms with Crippen LogP contribution in [0.2, 0.25) is 0 Å². The van der Waals surface area contributed by atoms with E-state index in [1.165, 1.54) is 10.9 Å². The van der Waals surface area contributed by atoms with Crippen molar-refractivity contribution in [3.05, 3.63) is 54.4 Å². The van der Waals surface area contributed by atoms with Crippen LogP contribution in [0.1, 0.15) is 24.8 Å². The fourth-order valence-electron chi connectivity index (χ4n) is 4.95. The lowest BCUT2D eigenvalue weighted by molar-refractivity contribution is -0.118. The van der Waals surface area contributed by atoms with Crippen molar-refractivity contribution in [3.8, 4) is 0 Å². The van der Waals surface area contributed by atoms with Crippen molar-refractivity contribution in [2.24, 2.45) is 5.73 Å². The van der Waals surface area contributed by atoms with Gasteiger partial charge in [-0.05, 0) is 43.7 Å². The zero-order chi connectivity index (χ0) is 21.4. The second-order valence-corrected chi connectivity index (χ2v) is 8.71. The highest BCUT2D eigenvalue weighted by atomic mass is 16.1. The number of nitrogens with two attached hydrogens (primary N) is 1. The van der Waals surface area contributed by atoms with Crippen LogP contribution in [-0.2, 0) is 4.79 Å². The molecule has 2 aliphatic rings. The van der Waals surface area contributed by atoms with Crippen LogP contribution in [-0.4, -0.2) is 66.1 Å². The summed E-state index contributed by atoms with van der Waals surface area (Å²) in [6.07, 6.45) is 4.97. The molecule has 0 radical (unpaired) electrons. The third-order valence-corrected chi connectivity index (χ3v) is 6.90. The molecule has 7 nitrogen and oxygen atoms in total. The van der Waals surface area contributed by atoms with Gasteiger partial charge >= 0.3 is 0 Å². The monoisotopic (exact) mass is 418 g/mol. The number of rotatable bonds is 6. The fourth-order valence-corrected chi connectivity index (χ4v) is 4.95. The number of H-pyrrole nitrogens is 1. The molecule has 5 rings (SSSR count). The molecule has 162 valence electrons. The Morgan fingerprint density at radius 3 is 2.84 bits per heavy atom. The van der Waals surface area contributed by atoms with Gasteiger partial charge in [0.2, 0.25) is 5.91 Å². The molecule has 0 aliphatic carbocycles. The Kier molecular flexibility index (Phi) is 5.28. The number of carbonyl (C=O) groups excluding carboxylic acids is 1. The van der Waals surface area contributed by atoms with Crippen molar-refractivity contribution in [3.63, 3.8) is 0 Å². The van der Waals surface area contributed by atoms with Gasteiger partial charge in [-0.25, -0.2) is 4.98 Å². The van der Waals surface area contributed by atoms with E-state index in [0.717, 1.165) is 62.7 Å². The van der Waals surface area contributed by atoms with E-state index in [9.17, 15) is 4.79 Å². The Morgan fingerprint density at radius 1 is 1.23 bits per heavy atom. The molecule has 3 N–H and O–H groups in total. The molecule has 2 atom stereocenters. The molecule has 31 heavy (non-hydrogen) atoms. The molecule has 0 saturated carbocycles. The number of hydrogen-bond donors (Lipinski definition) is 2. The topological polar surface area (TPSA) is 81.5 Å². The SMILES string of the molecule is CC(C(N)=O)N1CC(CCN2CCN(c3cc4cc[nH]c4cn3)CC2)c2ccccc21. The Hall–Kier alpha value is -3.06. The molecular formula is C24H30N6O. The van der Waals surface area contributed by atoms with Crippen LogP contribution in [0.4, 0.5) is 11.5 Å². The van der Waals surface area contributed by atoms with Gasteiger partial charge in [-0.15, -0.1) is 0 Å². The van der Waals surface area contributed by atoms with Crippen LogP contribution in [0.5, 0.6) is 0 Å². The van der Waals surface area contributed by atoms with Gasteiger partial charge in [0, 0.05) is 55.9 Å². The molecule has 7 heteroatoms. The van der Waals surface area contributed by atoms with Crippen molar-refractivity contribution in [1.82, 2.24) is 14.9 Å². The average Bonchev–Trinajstić information content (AvgIpc) is 3.41. The second kappa shape index (κ2) is 8.23. The van der Waals surface area contributed by atoms with Gasteiger partial charge in [-0.3, -0.25) is 9.69 Å². The zero-order valence-corrected chi connectivity index (χ0v) is 18.0. The Morgan fingerprint density at radius 2 is 2.03 bits per heavy atom. The van der Waals surface area contributed by atoms with E-state index in [1.807, 2.05) is 25.4 Å². The minimum atomic E-state index is -0.278. The van der Waals surface area contributed by atoms with E-state index in [-0.39, 0.29) is 11.9 Å². The van der Waals surface area contributed by atoms with Crippen molar-refractivity contribution in [1.29, 1.82) is 0 Å². The van der Waals surface area contributed by atoms with E-state index >= 15 is 0 Å². The molecule has 1 saturated heterocycles. The number of aromatic nitrogens is 2. The fraction of sp³-hybridized carbons (Fsp3) is 0.417. The molecular weight excluding hydrogens is 388 g/mol. The molecule has 3 aromatic rings. The molecule has 2 unspecified atom stereocenters. The first-order valence-corrected chi connectivity index (χ1v) is 11.2. The lowest BCUT2D eigenvalue weighted by Crippen LogP contribution is -2.47. The maximum Gasteiger partial charge on any atom is 0.239 e. The van der Waals surface area contributed by atoms with Crippen LogP contribution < -0.4 is 15.5 Å². The zero-order valence-electron chi connectivity index (χ0n) is 18.0. The number of para-hydroxylation sites is 1. The molecule has 4 heterocycles. The molecule has 0 bridgehead atoms. The van der Waals surface area contributed by atoms with Crippen molar-refractivity contribution >= 4 is 28.3 Å². The summed E-state index contributed by atoms with van der Waals surface area (Å²) in [5.74, 6) is 1.24. The van der Waals surface area contributed by atoms with Crippen LogP contribution in [0.3, 0.4) is 0 Å². The lowest BCUT2D eigenvalue weighted by atomic mass is 9.97. The van der Waals surface area contributed by atoms with Gasteiger partial charge < -0.3 is 20.5 Å². The van der Waals surface area contributed by atoms with E-state index in [0.29, 0.717) is 5.92 Å². The number of primary amides is 1. The molecule has 0 spiro atoms. The number of hydrogen-bond acceptors (Lipinski definition) is 5. The van der Waals surface area contributed by atoms with Gasteiger partial charge in [-0.1, -0.05) is 18.2 Å². The first-order chi connectivity index (χ1) is 15.1. The number of carbonyl (C=O) groups is 1. The number of fused-ring (bicyclic) bond motifs is 2. The number of aromatic amines is 1. The number of benzene rings is 1. The highest BCUT2D eigenvalue weighted by molar-refractivity contribution is 5.84. The largest absolute Gasteiger partial charge is 0.368 e. The first-order valence-electron chi connectivity index (χ1n) is 11.2. The Bertz CT molecular complexity index is 1070. The molecule has 1 aromatic carbocycles. The average molecular weight is 419 g/mol. The summed E-state index contributed by atoms with van der Waals surface area (Å²) < 4.78 is 0. The highest BCUT2D eigenvalue weighted by Crippen LogP contribution is 2.39. The Balaban J connectivity index is 1.18. The van der Waals surface area contributed by atoms with E-state index in [1.54, 1.807) is 0 Å².